The highest BCUT2D eigenvalue weighted by molar-refractivity contribution is 6.27. The highest BCUT2D eigenvalue weighted by atomic mass is 16.3. The van der Waals surface area contributed by atoms with E-state index in [1.807, 2.05) is 91.0 Å². The van der Waals surface area contributed by atoms with Gasteiger partial charge in [-0.3, -0.25) is 0 Å². The van der Waals surface area contributed by atoms with Gasteiger partial charge in [-0.25, -0.2) is 0 Å². The summed E-state index contributed by atoms with van der Waals surface area (Å²) in [5, 5.41) is 5.91. The zero-order valence-electron chi connectivity index (χ0n) is 29.6. The standard InChI is InChI=1S/C40H24O/c1-2-12-26-25(11-1)23-24-28-27(26)18-9-19-29(28)38-30-13-3-5-15-32(30)39(33-16-6-4-14-31(33)38)35-20-10-22-37-40(35)34-17-7-8-21-36(34)41-37/h1-24H/i3D,4D,5D,6D,13D,14D,15D,16D. The number of hydrogen-bond donors (Lipinski definition) is 0. The zero-order valence-corrected chi connectivity index (χ0v) is 21.6. The van der Waals surface area contributed by atoms with Gasteiger partial charge in [-0.1, -0.05) is 133 Å². The first kappa shape index (κ1) is 16.0. The lowest BCUT2D eigenvalue weighted by molar-refractivity contribution is 0.669. The SMILES string of the molecule is [2H]c1c([2H])c([2H])c2c(-c3cccc4oc5ccccc5c34)c3c([2H])c([2H])c([2H])c([2H])c3c(-c3cccc4c3ccc3ccccc34)c2c1[2H]. The number of benzene rings is 8. The number of fused-ring (bicyclic) bond motifs is 8. The molecule has 1 nitrogen and oxygen atoms in total. The van der Waals surface area contributed by atoms with Crippen LogP contribution in [0.4, 0.5) is 0 Å². The van der Waals surface area contributed by atoms with Crippen molar-refractivity contribution in [2.45, 2.75) is 0 Å². The largest absolute Gasteiger partial charge is 0.456 e. The molecular formula is C40H24O. The van der Waals surface area contributed by atoms with Crippen molar-refractivity contribution in [2.75, 3.05) is 0 Å². The molecule has 0 spiro atoms. The van der Waals surface area contributed by atoms with Crippen molar-refractivity contribution in [3.63, 3.8) is 0 Å². The van der Waals surface area contributed by atoms with Gasteiger partial charge in [0.25, 0.3) is 0 Å². The third-order valence-electron chi connectivity index (χ3n) is 8.10. The number of furan rings is 1. The predicted octanol–water partition coefficient (Wildman–Crippen LogP) is 11.5. The second-order valence-corrected chi connectivity index (χ2v) is 10.2. The maximum atomic E-state index is 9.37. The summed E-state index contributed by atoms with van der Waals surface area (Å²) in [5.41, 5.74) is 2.96. The number of para-hydroxylation sites is 1. The number of hydrogen-bond acceptors (Lipinski definition) is 1. The Bertz CT molecular complexity index is 2850. The smallest absolute Gasteiger partial charge is 0.136 e. The van der Waals surface area contributed by atoms with Crippen LogP contribution < -0.4 is 0 Å². The summed E-state index contributed by atoms with van der Waals surface area (Å²) < 4.78 is 78.9. The van der Waals surface area contributed by atoms with E-state index in [1.54, 1.807) is 6.07 Å². The summed E-state index contributed by atoms with van der Waals surface area (Å²) in [6.45, 7) is 0. The summed E-state index contributed by atoms with van der Waals surface area (Å²) in [6.07, 6.45) is 0. The molecule has 0 aliphatic carbocycles. The first-order chi connectivity index (χ1) is 23.7. The van der Waals surface area contributed by atoms with Crippen molar-refractivity contribution in [1.29, 1.82) is 0 Å². The summed E-state index contributed by atoms with van der Waals surface area (Å²) in [5.74, 6) is 0. The molecule has 0 aliphatic rings. The molecule has 0 atom stereocenters. The first-order valence-electron chi connectivity index (χ1n) is 17.5. The maximum Gasteiger partial charge on any atom is 0.136 e. The quantitative estimate of drug-likeness (QED) is 0.161. The average Bonchev–Trinajstić information content (AvgIpc) is 3.52. The fourth-order valence-electron chi connectivity index (χ4n) is 6.41. The van der Waals surface area contributed by atoms with Crippen LogP contribution in [0.5, 0.6) is 0 Å². The van der Waals surface area contributed by atoms with Gasteiger partial charge >= 0.3 is 0 Å². The van der Waals surface area contributed by atoms with E-state index in [9.17, 15) is 5.48 Å². The average molecular weight is 529 g/mol. The Labute approximate surface area is 248 Å². The molecule has 8 aromatic carbocycles. The van der Waals surface area contributed by atoms with E-state index in [4.69, 9.17) is 9.90 Å². The van der Waals surface area contributed by atoms with Crippen LogP contribution >= 0.6 is 0 Å². The van der Waals surface area contributed by atoms with Crippen LogP contribution in [-0.2, 0) is 0 Å². The van der Waals surface area contributed by atoms with Gasteiger partial charge in [0, 0.05) is 10.8 Å². The van der Waals surface area contributed by atoms with E-state index in [-0.39, 0.29) is 45.7 Å². The van der Waals surface area contributed by atoms with E-state index in [0.29, 0.717) is 38.8 Å². The molecule has 0 aliphatic heterocycles. The summed E-state index contributed by atoms with van der Waals surface area (Å²) in [7, 11) is 0. The van der Waals surface area contributed by atoms with E-state index in [2.05, 4.69) is 0 Å². The molecule has 9 rings (SSSR count). The van der Waals surface area contributed by atoms with Gasteiger partial charge < -0.3 is 4.42 Å². The molecule has 1 heterocycles. The van der Waals surface area contributed by atoms with Crippen LogP contribution in [0.25, 0.3) is 87.3 Å². The number of rotatable bonds is 2. The lowest BCUT2D eigenvalue weighted by Gasteiger charge is -2.19. The minimum atomic E-state index is -0.432. The molecule has 1 heteroatoms. The Kier molecular flexibility index (Phi) is 3.34. The van der Waals surface area contributed by atoms with Crippen molar-refractivity contribution in [1.82, 2.24) is 0 Å². The minimum Gasteiger partial charge on any atom is -0.456 e. The Balaban J connectivity index is 1.62. The Hall–Kier alpha value is -5.40. The van der Waals surface area contributed by atoms with Gasteiger partial charge in [0.1, 0.15) is 11.2 Å². The van der Waals surface area contributed by atoms with Crippen LogP contribution in [0.1, 0.15) is 11.0 Å². The summed E-state index contributed by atoms with van der Waals surface area (Å²) in [6, 6.07) is 27.7. The molecule has 0 fully saturated rings. The van der Waals surface area contributed by atoms with Crippen molar-refractivity contribution in [3.8, 4) is 22.3 Å². The summed E-state index contributed by atoms with van der Waals surface area (Å²) >= 11 is 0. The molecule has 0 saturated carbocycles. The third kappa shape index (κ3) is 3.18. The second kappa shape index (κ2) is 8.55. The van der Waals surface area contributed by atoms with Gasteiger partial charge in [-0.2, -0.15) is 0 Å². The van der Waals surface area contributed by atoms with Crippen LogP contribution in [0.15, 0.2) is 150 Å². The Morgan fingerprint density at radius 1 is 0.390 bits per heavy atom. The van der Waals surface area contributed by atoms with Crippen molar-refractivity contribution in [2.24, 2.45) is 0 Å². The van der Waals surface area contributed by atoms with E-state index in [1.165, 1.54) is 0 Å². The van der Waals surface area contributed by atoms with Crippen LogP contribution in [0.2, 0.25) is 0 Å². The molecule has 0 unspecified atom stereocenters. The van der Waals surface area contributed by atoms with Crippen molar-refractivity contribution >= 4 is 65.0 Å². The van der Waals surface area contributed by atoms with Gasteiger partial charge in [-0.05, 0) is 77.5 Å². The van der Waals surface area contributed by atoms with Crippen molar-refractivity contribution in [3.05, 3.63) is 145 Å². The van der Waals surface area contributed by atoms with Gasteiger partial charge in [0.15, 0.2) is 0 Å². The van der Waals surface area contributed by atoms with Crippen LogP contribution in [0.3, 0.4) is 0 Å². The highest BCUT2D eigenvalue weighted by Gasteiger charge is 2.20. The molecule has 9 aromatic rings. The maximum absolute atomic E-state index is 9.37. The van der Waals surface area contributed by atoms with E-state index in [0.717, 1.165) is 26.9 Å². The van der Waals surface area contributed by atoms with Gasteiger partial charge in [-0.15, -0.1) is 0 Å². The van der Waals surface area contributed by atoms with Gasteiger partial charge in [0.2, 0.25) is 0 Å². The fraction of sp³-hybridized carbons (Fsp3) is 0. The summed E-state index contributed by atoms with van der Waals surface area (Å²) in [4.78, 5) is 0. The fourth-order valence-corrected chi connectivity index (χ4v) is 6.41. The van der Waals surface area contributed by atoms with E-state index >= 15 is 0 Å². The van der Waals surface area contributed by atoms with Gasteiger partial charge in [0.05, 0.1) is 11.0 Å². The van der Waals surface area contributed by atoms with Crippen LogP contribution in [-0.4, -0.2) is 0 Å². The van der Waals surface area contributed by atoms with Crippen LogP contribution in [0, 0.1) is 0 Å². The second-order valence-electron chi connectivity index (χ2n) is 10.2. The monoisotopic (exact) mass is 528 g/mol. The first-order valence-corrected chi connectivity index (χ1v) is 13.5. The molecule has 190 valence electrons. The molecule has 0 radical (unpaired) electrons. The topological polar surface area (TPSA) is 13.1 Å². The van der Waals surface area contributed by atoms with Crippen molar-refractivity contribution < 1.29 is 15.4 Å². The third-order valence-corrected chi connectivity index (χ3v) is 8.10. The zero-order chi connectivity index (χ0) is 33.9. The molecule has 1 aromatic heterocycles. The molecular weight excluding hydrogens is 496 g/mol. The highest BCUT2D eigenvalue weighted by Crippen LogP contribution is 2.48. The molecule has 0 saturated heterocycles. The molecule has 0 N–H and O–H groups in total. The lowest BCUT2D eigenvalue weighted by atomic mass is 9.83. The lowest BCUT2D eigenvalue weighted by Crippen LogP contribution is -1.92. The predicted molar refractivity (Wildman–Crippen MR) is 175 cm³/mol. The normalized spacial score (nSPS) is 14.6. The molecule has 0 amide bonds. The molecule has 41 heavy (non-hydrogen) atoms. The van der Waals surface area contributed by atoms with E-state index < -0.39 is 24.2 Å². The Morgan fingerprint density at radius 3 is 1.71 bits per heavy atom. The minimum absolute atomic E-state index is 0.175. The Morgan fingerprint density at radius 2 is 0.951 bits per heavy atom. The molecule has 0 bridgehead atoms.